The fraction of sp³-hybridized carbons (Fsp3) is 0.333. The van der Waals surface area contributed by atoms with Crippen LogP contribution in [-0.2, 0) is 6.42 Å². The number of pyridine rings is 1. The topological polar surface area (TPSA) is 70.8 Å². The predicted molar refractivity (Wildman–Crippen MR) is 103 cm³/mol. The average Bonchev–Trinajstić information content (AvgIpc) is 3.39. The van der Waals surface area contributed by atoms with Crippen LogP contribution in [0.15, 0.2) is 42.7 Å². The Labute approximate surface area is 166 Å². The van der Waals surface area contributed by atoms with Crippen molar-refractivity contribution in [1.82, 2.24) is 24.4 Å². The predicted octanol–water partition coefficient (Wildman–Crippen LogP) is 2.17. The molecule has 0 bridgehead atoms. The van der Waals surface area contributed by atoms with Crippen molar-refractivity contribution in [2.45, 2.75) is 31.8 Å². The van der Waals surface area contributed by atoms with Crippen molar-refractivity contribution in [3.8, 4) is 0 Å². The summed E-state index contributed by atoms with van der Waals surface area (Å²) in [6.07, 6.45) is 2.89. The van der Waals surface area contributed by atoms with Gasteiger partial charge in [0.1, 0.15) is 17.8 Å². The third-order valence-electron chi connectivity index (χ3n) is 5.86. The summed E-state index contributed by atoms with van der Waals surface area (Å²) < 4.78 is 15.2. The molecule has 2 unspecified atom stereocenters. The van der Waals surface area contributed by atoms with E-state index in [0.717, 1.165) is 6.42 Å². The molecule has 2 aliphatic rings. The molecular weight excluding hydrogens is 373 g/mol. The van der Waals surface area contributed by atoms with E-state index in [9.17, 15) is 14.0 Å². The normalized spacial score (nSPS) is 20.6. The molecule has 1 aliphatic carbocycles. The van der Waals surface area contributed by atoms with Gasteiger partial charge in [-0.05, 0) is 48.7 Å². The largest absolute Gasteiger partial charge is 0.332 e. The first kappa shape index (κ1) is 17.8. The Hall–Kier alpha value is -3.29. The molecule has 1 aliphatic heterocycles. The summed E-state index contributed by atoms with van der Waals surface area (Å²) in [6, 6.07) is 9.70. The van der Waals surface area contributed by atoms with Gasteiger partial charge in [-0.25, -0.2) is 4.39 Å². The van der Waals surface area contributed by atoms with Crippen LogP contribution < -0.4 is 0 Å². The summed E-state index contributed by atoms with van der Waals surface area (Å²) in [5.74, 6) is -0.491. The lowest BCUT2D eigenvalue weighted by Gasteiger charge is -2.34. The minimum Gasteiger partial charge on any atom is -0.332 e. The van der Waals surface area contributed by atoms with E-state index in [2.05, 4.69) is 10.2 Å². The Morgan fingerprint density at radius 2 is 1.86 bits per heavy atom. The second-order valence-corrected chi connectivity index (χ2v) is 7.49. The van der Waals surface area contributed by atoms with Gasteiger partial charge in [0, 0.05) is 18.7 Å². The van der Waals surface area contributed by atoms with Gasteiger partial charge >= 0.3 is 0 Å². The zero-order valence-electron chi connectivity index (χ0n) is 16.0. The summed E-state index contributed by atoms with van der Waals surface area (Å²) in [7, 11) is 0. The number of carbonyl (C=O) groups is 2. The van der Waals surface area contributed by atoms with Crippen molar-refractivity contribution in [2.75, 3.05) is 13.1 Å². The molecule has 2 atom stereocenters. The number of amides is 2. The summed E-state index contributed by atoms with van der Waals surface area (Å²) in [5, 5.41) is 7.86. The van der Waals surface area contributed by atoms with E-state index < -0.39 is 0 Å². The number of benzene rings is 1. The molecule has 5 rings (SSSR count). The molecule has 0 N–H and O–H groups in total. The van der Waals surface area contributed by atoms with E-state index in [-0.39, 0.29) is 29.7 Å². The quantitative estimate of drug-likeness (QED) is 0.684. The molecule has 1 saturated heterocycles. The van der Waals surface area contributed by atoms with Crippen molar-refractivity contribution in [3.05, 3.63) is 65.4 Å². The second-order valence-electron chi connectivity index (χ2n) is 7.49. The van der Waals surface area contributed by atoms with Gasteiger partial charge in [0.2, 0.25) is 0 Å². The number of halogens is 1. The van der Waals surface area contributed by atoms with E-state index in [1.807, 2.05) is 16.7 Å². The van der Waals surface area contributed by atoms with Crippen LogP contribution in [0.3, 0.4) is 0 Å². The van der Waals surface area contributed by atoms with Crippen LogP contribution in [0.2, 0.25) is 0 Å². The van der Waals surface area contributed by atoms with Crippen LogP contribution in [0.4, 0.5) is 4.39 Å². The van der Waals surface area contributed by atoms with Crippen LogP contribution in [0.5, 0.6) is 0 Å². The van der Waals surface area contributed by atoms with Crippen LogP contribution in [0.1, 0.15) is 39.8 Å². The molecular formula is C21H20FN5O2. The first-order valence-electron chi connectivity index (χ1n) is 9.77. The number of rotatable bonds is 3. The first-order valence-corrected chi connectivity index (χ1v) is 9.77. The Balaban J connectivity index is 1.36. The maximum atomic E-state index is 13.5. The van der Waals surface area contributed by atoms with Crippen molar-refractivity contribution in [2.24, 2.45) is 0 Å². The number of fused-ring (bicyclic) bond motifs is 2. The van der Waals surface area contributed by atoms with Gasteiger partial charge in [-0.2, -0.15) is 0 Å². The van der Waals surface area contributed by atoms with Gasteiger partial charge in [0.15, 0.2) is 5.65 Å². The van der Waals surface area contributed by atoms with E-state index in [1.54, 1.807) is 28.7 Å². The fourth-order valence-corrected chi connectivity index (χ4v) is 4.28. The number of hydrogen-bond acceptors (Lipinski definition) is 4. The van der Waals surface area contributed by atoms with Crippen LogP contribution in [0.25, 0.3) is 5.65 Å². The van der Waals surface area contributed by atoms with Gasteiger partial charge < -0.3 is 9.80 Å². The molecule has 148 valence electrons. The minimum absolute atomic E-state index is 0.00933. The van der Waals surface area contributed by atoms with Crippen molar-refractivity contribution in [1.29, 1.82) is 0 Å². The molecule has 8 heteroatoms. The van der Waals surface area contributed by atoms with Crippen molar-refractivity contribution >= 4 is 17.5 Å². The van der Waals surface area contributed by atoms with Crippen molar-refractivity contribution < 1.29 is 14.0 Å². The van der Waals surface area contributed by atoms with Gasteiger partial charge in [0.25, 0.3) is 11.8 Å². The second kappa shape index (κ2) is 6.65. The number of carbonyl (C=O) groups excluding carboxylic acids is 2. The minimum atomic E-state index is -0.332. The molecule has 1 saturated carbocycles. The zero-order chi connectivity index (χ0) is 20.1. The highest BCUT2D eigenvalue weighted by Crippen LogP contribution is 2.38. The molecule has 7 nitrogen and oxygen atoms in total. The van der Waals surface area contributed by atoms with Gasteiger partial charge in [-0.15, -0.1) is 10.2 Å². The Morgan fingerprint density at radius 3 is 2.62 bits per heavy atom. The zero-order valence-corrected chi connectivity index (χ0v) is 16.0. The summed E-state index contributed by atoms with van der Waals surface area (Å²) in [6.45, 7) is 2.84. The number of aryl methyl sites for hydroxylation is 1. The van der Waals surface area contributed by atoms with E-state index in [0.29, 0.717) is 42.0 Å². The SMILES string of the molecule is CCc1cc(F)ccc1C(=O)N1CCN(C(=O)c2cccc3nncn23)C2CC21. The summed E-state index contributed by atoms with van der Waals surface area (Å²) >= 11 is 0. The number of nitrogens with zero attached hydrogens (tertiary/aromatic N) is 5. The van der Waals surface area contributed by atoms with E-state index in [1.165, 1.54) is 18.5 Å². The highest BCUT2D eigenvalue weighted by Gasteiger charge is 2.52. The Bertz CT molecular complexity index is 1130. The Morgan fingerprint density at radius 1 is 1.10 bits per heavy atom. The third-order valence-corrected chi connectivity index (χ3v) is 5.86. The lowest BCUT2D eigenvalue weighted by atomic mass is 10.0. The monoisotopic (exact) mass is 393 g/mol. The number of piperazine rings is 1. The fourth-order valence-electron chi connectivity index (χ4n) is 4.28. The molecule has 0 radical (unpaired) electrons. The van der Waals surface area contributed by atoms with Crippen LogP contribution in [0, 0.1) is 5.82 Å². The van der Waals surface area contributed by atoms with Crippen LogP contribution in [-0.4, -0.2) is 61.4 Å². The molecule has 0 spiro atoms. The van der Waals surface area contributed by atoms with Crippen LogP contribution >= 0.6 is 0 Å². The highest BCUT2D eigenvalue weighted by atomic mass is 19.1. The smallest absolute Gasteiger partial charge is 0.271 e. The molecule has 1 aromatic carbocycles. The van der Waals surface area contributed by atoms with E-state index >= 15 is 0 Å². The summed E-state index contributed by atoms with van der Waals surface area (Å²) in [5.41, 5.74) is 2.41. The maximum Gasteiger partial charge on any atom is 0.271 e. The molecule has 3 aromatic rings. The van der Waals surface area contributed by atoms with Gasteiger partial charge in [-0.1, -0.05) is 13.0 Å². The maximum absolute atomic E-state index is 13.5. The molecule has 3 heterocycles. The average molecular weight is 393 g/mol. The molecule has 29 heavy (non-hydrogen) atoms. The molecule has 2 aromatic heterocycles. The first-order chi connectivity index (χ1) is 14.1. The number of hydrogen-bond donors (Lipinski definition) is 0. The number of aromatic nitrogens is 3. The standard InChI is InChI=1S/C21H20FN5O2/c1-2-13-10-14(22)6-7-15(13)20(28)25-8-9-26(18-11-17(18)25)21(29)16-4-3-5-19-24-23-12-27(16)19/h3-7,10,12,17-18H,2,8-9,11H2,1H3. The lowest BCUT2D eigenvalue weighted by Crippen LogP contribution is -2.51. The van der Waals surface area contributed by atoms with Gasteiger partial charge in [-0.3, -0.25) is 14.0 Å². The third kappa shape index (κ3) is 2.86. The van der Waals surface area contributed by atoms with E-state index in [4.69, 9.17) is 0 Å². The van der Waals surface area contributed by atoms with Gasteiger partial charge in [0.05, 0.1) is 12.1 Å². The highest BCUT2D eigenvalue weighted by molar-refractivity contribution is 5.97. The summed E-state index contributed by atoms with van der Waals surface area (Å²) in [4.78, 5) is 29.9. The van der Waals surface area contributed by atoms with Crippen molar-refractivity contribution in [3.63, 3.8) is 0 Å². The lowest BCUT2D eigenvalue weighted by molar-refractivity contribution is 0.0522. The molecule has 2 amide bonds. The molecule has 2 fully saturated rings. The Kier molecular flexibility index (Phi) is 4.08.